The van der Waals surface area contributed by atoms with Gasteiger partial charge in [-0.2, -0.15) is 0 Å². The van der Waals surface area contributed by atoms with Crippen LogP contribution in [-0.4, -0.2) is 68.6 Å². The summed E-state index contributed by atoms with van der Waals surface area (Å²) in [5.74, 6) is 0. The first-order valence-electron chi connectivity index (χ1n) is 6.27. The molecule has 1 unspecified atom stereocenters. The highest BCUT2D eigenvalue weighted by Crippen LogP contribution is 2.30. The molecular weight excluding hydrogens is 273 g/mol. The molecule has 1 aliphatic heterocycles. The maximum atomic E-state index is 10.6. The Hall–Kier alpha value is -0.270. The van der Waals surface area contributed by atoms with Crippen LogP contribution in [0.25, 0.3) is 0 Å². The second-order valence-corrected chi connectivity index (χ2v) is 5.71. The number of phosphoric ester groups is 1. The van der Waals surface area contributed by atoms with Gasteiger partial charge in [-0.1, -0.05) is 6.08 Å². The molecular formula is C11H22NO6P. The number of hydrogen-bond acceptors (Lipinski definition) is 5. The molecule has 1 atom stereocenters. The summed E-state index contributed by atoms with van der Waals surface area (Å²) in [5.41, 5.74) is 0. The van der Waals surface area contributed by atoms with Crippen molar-refractivity contribution < 1.29 is 32.8 Å². The third-order valence-electron chi connectivity index (χ3n) is 3.19. The summed E-state index contributed by atoms with van der Waals surface area (Å²) in [5, 5.41) is 0. The average molecular weight is 295 g/mol. The van der Waals surface area contributed by atoms with Crippen LogP contribution in [0, 0.1) is 0 Å². The number of ether oxygens (including phenoxy) is 2. The van der Waals surface area contributed by atoms with Gasteiger partial charge >= 0.3 is 0 Å². The molecule has 0 aromatic carbocycles. The van der Waals surface area contributed by atoms with Crippen molar-refractivity contribution in [1.29, 1.82) is 0 Å². The van der Waals surface area contributed by atoms with Crippen LogP contribution in [-0.2, 0) is 18.6 Å². The number of morpholine rings is 1. The van der Waals surface area contributed by atoms with Crippen LogP contribution in [0.15, 0.2) is 12.7 Å². The molecule has 1 N–H and O–H groups in total. The Labute approximate surface area is 113 Å². The minimum absolute atomic E-state index is 0.0290. The molecule has 1 heterocycles. The molecule has 0 saturated carbocycles. The van der Waals surface area contributed by atoms with Crippen LogP contribution in [0.3, 0.4) is 0 Å². The van der Waals surface area contributed by atoms with E-state index in [4.69, 9.17) is 14.4 Å². The third-order valence-corrected chi connectivity index (χ3v) is 3.69. The molecule has 8 heteroatoms. The van der Waals surface area contributed by atoms with Crippen molar-refractivity contribution in [1.82, 2.24) is 0 Å². The Bertz CT molecular complexity index is 312. The van der Waals surface area contributed by atoms with Crippen molar-refractivity contribution in [2.45, 2.75) is 0 Å². The van der Waals surface area contributed by atoms with Crippen LogP contribution in [0.4, 0.5) is 0 Å². The fourth-order valence-corrected chi connectivity index (χ4v) is 2.38. The Kier molecular flexibility index (Phi) is 7.17. The van der Waals surface area contributed by atoms with E-state index < -0.39 is 7.82 Å². The topological polar surface area (TPSA) is 88.1 Å². The lowest BCUT2D eigenvalue weighted by Crippen LogP contribution is -2.58. The molecule has 1 rings (SSSR count). The number of quaternary nitrogens is 1. The second-order valence-electron chi connectivity index (χ2n) is 4.51. The Morgan fingerprint density at radius 3 is 2.58 bits per heavy atom. The lowest BCUT2D eigenvalue weighted by atomic mass is 10.3. The number of hydrogen-bond donors (Lipinski definition) is 1. The summed E-state index contributed by atoms with van der Waals surface area (Å²) >= 11 is 0. The first-order chi connectivity index (χ1) is 8.97. The van der Waals surface area contributed by atoms with E-state index in [1.54, 1.807) is 6.08 Å². The zero-order valence-corrected chi connectivity index (χ0v) is 11.9. The predicted molar refractivity (Wildman–Crippen MR) is 67.3 cm³/mol. The summed E-state index contributed by atoms with van der Waals surface area (Å²) in [7, 11) is -4.64. The lowest BCUT2D eigenvalue weighted by Gasteiger charge is -2.41. The number of rotatable bonds is 9. The summed E-state index contributed by atoms with van der Waals surface area (Å²) in [6.45, 7) is 8.73. The van der Waals surface area contributed by atoms with Crippen LogP contribution in [0.1, 0.15) is 0 Å². The van der Waals surface area contributed by atoms with Gasteiger partial charge in [0.15, 0.2) is 0 Å². The molecule has 0 amide bonds. The van der Waals surface area contributed by atoms with Crippen molar-refractivity contribution >= 4 is 7.82 Å². The molecule has 1 fully saturated rings. The summed E-state index contributed by atoms with van der Waals surface area (Å²) < 4.78 is 26.4. The molecule has 0 radical (unpaired) electrons. The fourth-order valence-electron chi connectivity index (χ4n) is 2.06. The van der Waals surface area contributed by atoms with Crippen molar-refractivity contribution in [2.24, 2.45) is 0 Å². The molecule has 0 bridgehead atoms. The van der Waals surface area contributed by atoms with E-state index in [0.717, 1.165) is 19.6 Å². The molecule has 0 aromatic heterocycles. The van der Waals surface area contributed by atoms with E-state index in [2.05, 4.69) is 11.1 Å². The van der Waals surface area contributed by atoms with Gasteiger partial charge in [-0.25, -0.2) is 0 Å². The Morgan fingerprint density at radius 2 is 2.00 bits per heavy atom. The highest BCUT2D eigenvalue weighted by Gasteiger charge is 2.30. The van der Waals surface area contributed by atoms with Crippen molar-refractivity contribution in [3.8, 4) is 0 Å². The zero-order chi connectivity index (χ0) is 14.2. The smallest absolute Gasteiger partial charge is 0.265 e. The van der Waals surface area contributed by atoms with Gasteiger partial charge < -0.3 is 28.3 Å². The molecule has 19 heavy (non-hydrogen) atoms. The zero-order valence-electron chi connectivity index (χ0n) is 11.0. The van der Waals surface area contributed by atoms with Crippen LogP contribution >= 0.6 is 7.82 Å². The minimum Gasteiger partial charge on any atom is -0.756 e. The normalized spacial score (nSPS) is 21.8. The van der Waals surface area contributed by atoms with Crippen molar-refractivity contribution in [3.63, 3.8) is 0 Å². The quantitative estimate of drug-likeness (QED) is 0.267. The van der Waals surface area contributed by atoms with Gasteiger partial charge in [0.05, 0.1) is 26.4 Å². The average Bonchev–Trinajstić information content (AvgIpc) is 2.34. The first kappa shape index (κ1) is 16.8. The van der Waals surface area contributed by atoms with E-state index in [1.165, 1.54) is 0 Å². The van der Waals surface area contributed by atoms with Gasteiger partial charge in [-0.05, 0) is 0 Å². The molecule has 1 aliphatic rings. The number of nitrogens with zero attached hydrogens (tertiary/aromatic N) is 1. The Morgan fingerprint density at radius 1 is 1.37 bits per heavy atom. The summed E-state index contributed by atoms with van der Waals surface area (Å²) in [6.07, 6.45) is 1.69. The highest BCUT2D eigenvalue weighted by atomic mass is 31.2. The molecule has 0 aromatic rings. The van der Waals surface area contributed by atoms with E-state index in [-0.39, 0.29) is 6.61 Å². The van der Waals surface area contributed by atoms with E-state index >= 15 is 0 Å². The predicted octanol–water partition coefficient (Wildman–Crippen LogP) is -0.487. The van der Waals surface area contributed by atoms with Crippen LogP contribution in [0.2, 0.25) is 0 Å². The molecule has 0 spiro atoms. The largest absolute Gasteiger partial charge is 0.756 e. The van der Waals surface area contributed by atoms with Crippen LogP contribution in [0.5, 0.6) is 0 Å². The third kappa shape index (κ3) is 7.17. The second kappa shape index (κ2) is 8.11. The fraction of sp³-hybridized carbons (Fsp3) is 0.818. The monoisotopic (exact) mass is 295 g/mol. The lowest BCUT2D eigenvalue weighted by molar-refractivity contribution is -0.935. The SMILES string of the molecule is C=CCOCC[N+]1(CCOP(=O)([O-])O)CCOCC1. The highest BCUT2D eigenvalue weighted by molar-refractivity contribution is 7.44. The van der Waals surface area contributed by atoms with Crippen molar-refractivity contribution in [2.75, 3.05) is 59.2 Å². The molecule has 0 aliphatic carbocycles. The van der Waals surface area contributed by atoms with Gasteiger partial charge in [-0.15, -0.1) is 6.58 Å². The van der Waals surface area contributed by atoms with Gasteiger partial charge in [-0.3, -0.25) is 4.57 Å². The molecule has 7 nitrogen and oxygen atoms in total. The van der Waals surface area contributed by atoms with Gasteiger partial charge in [0, 0.05) is 0 Å². The van der Waals surface area contributed by atoms with Crippen molar-refractivity contribution in [3.05, 3.63) is 12.7 Å². The summed E-state index contributed by atoms with van der Waals surface area (Å²) in [4.78, 5) is 19.2. The van der Waals surface area contributed by atoms with E-state index in [0.29, 0.717) is 37.5 Å². The van der Waals surface area contributed by atoms with Crippen LogP contribution < -0.4 is 4.89 Å². The summed E-state index contributed by atoms with van der Waals surface area (Å²) in [6, 6.07) is 0. The van der Waals surface area contributed by atoms with Gasteiger partial charge in [0.2, 0.25) is 0 Å². The number of phosphoric acid groups is 1. The standard InChI is InChI=1S/C11H22NO6P/c1-2-7-16-8-3-12(4-9-17-10-5-12)6-11-18-19(13,14)15/h2H,1,3-11H2,(H-,13,14,15). The van der Waals surface area contributed by atoms with E-state index in [1.807, 2.05) is 0 Å². The maximum Gasteiger partial charge on any atom is 0.265 e. The van der Waals surface area contributed by atoms with E-state index in [9.17, 15) is 9.46 Å². The van der Waals surface area contributed by atoms with Gasteiger partial charge in [0.25, 0.3) is 7.82 Å². The maximum absolute atomic E-state index is 10.6. The first-order valence-corrected chi connectivity index (χ1v) is 7.77. The minimum atomic E-state index is -4.64. The van der Waals surface area contributed by atoms with Gasteiger partial charge in [0.1, 0.15) is 32.8 Å². The molecule has 1 saturated heterocycles. The molecule has 112 valence electrons. The Balaban J connectivity index is 2.40.